The number of benzene rings is 2. The lowest BCUT2D eigenvalue weighted by Gasteiger charge is -2.21. The van der Waals surface area contributed by atoms with Gasteiger partial charge in [0.1, 0.15) is 0 Å². The number of carbonyl (C=O) groups excluding carboxylic acids is 1. The monoisotopic (exact) mass is 451 g/mol. The van der Waals surface area contributed by atoms with Gasteiger partial charge in [-0.25, -0.2) is 8.42 Å². The lowest BCUT2D eigenvalue weighted by atomic mass is 10.00. The molecule has 0 N–H and O–H groups in total. The van der Waals surface area contributed by atoms with E-state index >= 15 is 0 Å². The Morgan fingerprint density at radius 3 is 2.30 bits per heavy atom. The molecule has 0 amide bonds. The summed E-state index contributed by atoms with van der Waals surface area (Å²) in [6.07, 6.45) is 1.75. The molecule has 0 fully saturated rings. The van der Waals surface area contributed by atoms with Crippen molar-refractivity contribution >= 4 is 31.7 Å². The average molecular weight is 452 g/mol. The highest BCUT2D eigenvalue weighted by atomic mass is 79.9. The van der Waals surface area contributed by atoms with Crippen LogP contribution in [0.1, 0.15) is 48.2 Å². The maximum Gasteiger partial charge on any atom is 0.243 e. The molecular weight excluding hydrogens is 426 g/mol. The molecule has 146 valence electrons. The first kappa shape index (κ1) is 21.8. The minimum atomic E-state index is -3.59. The molecule has 0 aliphatic rings. The number of ketones is 1. The Labute approximate surface area is 170 Å². The van der Waals surface area contributed by atoms with E-state index in [4.69, 9.17) is 0 Å². The maximum atomic E-state index is 12.9. The Hall–Kier alpha value is -1.50. The fraction of sp³-hybridized carbons (Fsp3) is 0.381. The summed E-state index contributed by atoms with van der Waals surface area (Å²) in [7, 11) is -3.59. The highest BCUT2D eigenvalue weighted by Gasteiger charge is 2.24. The number of sulfonamides is 1. The molecule has 2 rings (SSSR count). The Morgan fingerprint density at radius 1 is 1.04 bits per heavy atom. The number of hydrogen-bond donors (Lipinski definition) is 0. The smallest absolute Gasteiger partial charge is 0.243 e. The third-order valence-corrected chi connectivity index (χ3v) is 6.78. The molecule has 4 nitrogen and oxygen atoms in total. The highest BCUT2D eigenvalue weighted by Crippen LogP contribution is 2.21. The van der Waals surface area contributed by atoms with Gasteiger partial charge in [-0.1, -0.05) is 48.0 Å². The Balaban J connectivity index is 2.29. The van der Waals surface area contributed by atoms with Gasteiger partial charge < -0.3 is 0 Å². The van der Waals surface area contributed by atoms with Gasteiger partial charge in [0, 0.05) is 29.5 Å². The molecule has 0 radical (unpaired) electrons. The predicted molar refractivity (Wildman–Crippen MR) is 113 cm³/mol. The van der Waals surface area contributed by atoms with Crippen molar-refractivity contribution in [1.29, 1.82) is 0 Å². The minimum Gasteiger partial charge on any atom is -0.294 e. The first-order chi connectivity index (χ1) is 12.8. The number of rotatable bonds is 9. The first-order valence-electron chi connectivity index (χ1n) is 9.18. The second kappa shape index (κ2) is 9.62. The van der Waals surface area contributed by atoms with E-state index < -0.39 is 10.0 Å². The van der Waals surface area contributed by atoms with E-state index in [1.807, 2.05) is 39.0 Å². The zero-order valence-electron chi connectivity index (χ0n) is 16.0. The normalized spacial score (nSPS) is 11.7. The van der Waals surface area contributed by atoms with Gasteiger partial charge in [-0.2, -0.15) is 4.31 Å². The molecule has 0 unspecified atom stereocenters. The summed E-state index contributed by atoms with van der Waals surface area (Å²) in [5.74, 6) is -0.0880. The fourth-order valence-electron chi connectivity index (χ4n) is 2.96. The molecule has 0 bridgehead atoms. The van der Waals surface area contributed by atoms with Gasteiger partial charge in [0.15, 0.2) is 5.78 Å². The largest absolute Gasteiger partial charge is 0.294 e. The zero-order chi connectivity index (χ0) is 20.0. The summed E-state index contributed by atoms with van der Waals surface area (Å²) in [5.41, 5.74) is 2.39. The van der Waals surface area contributed by atoms with E-state index in [2.05, 4.69) is 15.9 Å². The van der Waals surface area contributed by atoms with Crippen LogP contribution in [0, 0.1) is 6.92 Å². The average Bonchev–Trinajstić information content (AvgIpc) is 2.64. The van der Waals surface area contributed by atoms with Crippen molar-refractivity contribution in [3.8, 4) is 0 Å². The molecule has 6 heteroatoms. The minimum absolute atomic E-state index is 0.0880. The van der Waals surface area contributed by atoms with Crippen molar-refractivity contribution in [2.45, 2.75) is 44.9 Å². The van der Waals surface area contributed by atoms with Crippen molar-refractivity contribution in [1.82, 2.24) is 4.31 Å². The Kier molecular flexibility index (Phi) is 7.77. The van der Waals surface area contributed by atoms with Crippen LogP contribution < -0.4 is 0 Å². The summed E-state index contributed by atoms with van der Waals surface area (Å²) in [6.45, 7) is 6.83. The molecule has 27 heavy (non-hydrogen) atoms. The standard InChI is InChI=1S/C21H26BrNO3S/c1-4-11-23(12-5-2)27(25,26)20-8-6-7-18(14-20)21(24)15-17-9-10-19(22)13-16(17)3/h6-10,13-14H,4-5,11-12,15H2,1-3H3. The van der Waals surface area contributed by atoms with Crippen LogP contribution in [0.25, 0.3) is 0 Å². The van der Waals surface area contributed by atoms with Gasteiger partial charge in [0.2, 0.25) is 10.0 Å². The second-order valence-electron chi connectivity index (χ2n) is 6.60. The van der Waals surface area contributed by atoms with Crippen LogP contribution in [-0.2, 0) is 16.4 Å². The summed E-state index contributed by atoms with van der Waals surface area (Å²) >= 11 is 3.42. The maximum absolute atomic E-state index is 12.9. The molecule has 0 aliphatic carbocycles. The SMILES string of the molecule is CCCN(CCC)S(=O)(=O)c1cccc(C(=O)Cc2ccc(Br)cc2C)c1. The third kappa shape index (κ3) is 5.50. The van der Waals surface area contributed by atoms with Gasteiger partial charge in [-0.05, 0) is 55.2 Å². The lowest BCUT2D eigenvalue weighted by molar-refractivity contribution is 0.0992. The number of Topliss-reactive ketones (excluding diaryl/α,β-unsaturated/α-hetero) is 1. The van der Waals surface area contributed by atoms with Gasteiger partial charge in [0.25, 0.3) is 0 Å². The van der Waals surface area contributed by atoms with Gasteiger partial charge in [0.05, 0.1) is 4.90 Å². The topological polar surface area (TPSA) is 54.5 Å². The lowest BCUT2D eigenvalue weighted by Crippen LogP contribution is -2.32. The summed E-state index contributed by atoms with van der Waals surface area (Å²) < 4.78 is 28.4. The van der Waals surface area contributed by atoms with Crippen LogP contribution in [0.15, 0.2) is 51.8 Å². The van der Waals surface area contributed by atoms with E-state index in [1.165, 1.54) is 10.4 Å². The molecule has 0 saturated carbocycles. The van der Waals surface area contributed by atoms with Crippen LogP contribution >= 0.6 is 15.9 Å². The molecule has 0 aliphatic heterocycles. The summed E-state index contributed by atoms with van der Waals surface area (Å²) in [5, 5.41) is 0. The van der Waals surface area contributed by atoms with Gasteiger partial charge in [-0.3, -0.25) is 4.79 Å². The number of hydrogen-bond acceptors (Lipinski definition) is 3. The van der Waals surface area contributed by atoms with Crippen LogP contribution in [-0.4, -0.2) is 31.6 Å². The molecule has 0 saturated heterocycles. The van der Waals surface area contributed by atoms with Crippen LogP contribution in [0.3, 0.4) is 0 Å². The molecule has 0 heterocycles. The van der Waals surface area contributed by atoms with E-state index in [-0.39, 0.29) is 17.1 Å². The summed E-state index contributed by atoms with van der Waals surface area (Å²) in [6, 6.07) is 12.2. The van der Waals surface area contributed by atoms with Crippen LogP contribution in [0.4, 0.5) is 0 Å². The molecule has 0 spiro atoms. The molecule has 2 aromatic carbocycles. The first-order valence-corrected chi connectivity index (χ1v) is 11.4. The second-order valence-corrected chi connectivity index (χ2v) is 9.46. The van der Waals surface area contributed by atoms with Crippen LogP contribution in [0.2, 0.25) is 0 Å². The highest BCUT2D eigenvalue weighted by molar-refractivity contribution is 9.10. The van der Waals surface area contributed by atoms with Crippen molar-refractivity contribution in [2.75, 3.05) is 13.1 Å². The number of nitrogens with zero attached hydrogens (tertiary/aromatic N) is 1. The number of aryl methyl sites for hydroxylation is 1. The van der Waals surface area contributed by atoms with E-state index in [9.17, 15) is 13.2 Å². The van der Waals surface area contributed by atoms with E-state index in [0.717, 1.165) is 28.4 Å². The summed E-state index contributed by atoms with van der Waals surface area (Å²) in [4.78, 5) is 12.9. The molecule has 0 atom stereocenters. The van der Waals surface area contributed by atoms with Crippen LogP contribution in [0.5, 0.6) is 0 Å². The van der Waals surface area contributed by atoms with Gasteiger partial charge in [-0.15, -0.1) is 0 Å². The molecule has 2 aromatic rings. The van der Waals surface area contributed by atoms with E-state index in [0.29, 0.717) is 18.7 Å². The predicted octanol–water partition coefficient (Wildman–Crippen LogP) is 4.99. The molecular formula is C21H26BrNO3S. The zero-order valence-corrected chi connectivity index (χ0v) is 18.4. The quantitative estimate of drug-likeness (QED) is 0.504. The van der Waals surface area contributed by atoms with Crippen molar-refractivity contribution in [3.05, 3.63) is 63.6 Å². The van der Waals surface area contributed by atoms with Crippen molar-refractivity contribution in [3.63, 3.8) is 0 Å². The number of carbonyl (C=O) groups is 1. The molecule has 0 aromatic heterocycles. The Morgan fingerprint density at radius 2 is 1.70 bits per heavy atom. The third-order valence-electron chi connectivity index (χ3n) is 4.40. The number of halogens is 1. The van der Waals surface area contributed by atoms with Gasteiger partial charge >= 0.3 is 0 Å². The van der Waals surface area contributed by atoms with E-state index in [1.54, 1.807) is 18.2 Å². The Bertz CT molecular complexity index is 903. The fourth-order valence-corrected chi connectivity index (χ4v) is 5.11. The van der Waals surface area contributed by atoms with Crippen molar-refractivity contribution in [2.24, 2.45) is 0 Å². The van der Waals surface area contributed by atoms with Crippen molar-refractivity contribution < 1.29 is 13.2 Å².